The minimum atomic E-state index is -4.02. The van der Waals surface area contributed by atoms with Crippen LogP contribution in [0.2, 0.25) is 15.1 Å². The summed E-state index contributed by atoms with van der Waals surface area (Å²) < 4.78 is 33.6. The molecule has 3 aromatic carbocycles. The van der Waals surface area contributed by atoms with Crippen molar-refractivity contribution in [1.82, 2.24) is 0 Å². The van der Waals surface area contributed by atoms with Gasteiger partial charge in [0.1, 0.15) is 11.9 Å². The molecule has 1 aliphatic heterocycles. The Morgan fingerprint density at radius 2 is 1.73 bits per heavy atom. The molecule has 11 heteroatoms. The lowest BCUT2D eigenvalue weighted by Crippen LogP contribution is -2.45. The Bertz CT molecular complexity index is 1300. The minimum Gasteiger partial charge on any atom is -0.484 e. The molecular formula is C22H17Cl3N2O5S. The van der Waals surface area contributed by atoms with Gasteiger partial charge in [-0.3, -0.25) is 9.10 Å². The number of amides is 1. The highest BCUT2D eigenvalue weighted by Crippen LogP contribution is 2.39. The van der Waals surface area contributed by atoms with Crippen molar-refractivity contribution in [3.05, 3.63) is 81.3 Å². The lowest BCUT2D eigenvalue weighted by Gasteiger charge is -2.35. The molecule has 0 radical (unpaired) electrons. The van der Waals surface area contributed by atoms with Gasteiger partial charge in [0, 0.05) is 10.7 Å². The molecular weight excluding hydrogens is 511 g/mol. The molecule has 4 rings (SSSR count). The molecule has 0 fully saturated rings. The molecule has 1 amide bonds. The first-order chi connectivity index (χ1) is 15.7. The molecule has 1 unspecified atom stereocenters. The molecule has 0 aliphatic carbocycles. The van der Waals surface area contributed by atoms with E-state index in [4.69, 9.17) is 39.5 Å². The zero-order valence-electron chi connectivity index (χ0n) is 16.8. The fraction of sp³-hybridized carbons (Fsp3) is 0.136. The van der Waals surface area contributed by atoms with E-state index >= 15 is 0 Å². The number of rotatable bonds is 5. The fourth-order valence-corrected chi connectivity index (χ4v) is 5.55. The third kappa shape index (κ3) is 4.76. The van der Waals surface area contributed by atoms with Crippen molar-refractivity contribution in [2.75, 3.05) is 22.8 Å². The third-order valence-corrected chi connectivity index (χ3v) is 7.62. The Balaban J connectivity index is 1.72. The maximum Gasteiger partial charge on any atom is 0.264 e. The largest absolute Gasteiger partial charge is 0.484 e. The van der Waals surface area contributed by atoms with Crippen molar-refractivity contribution in [3.63, 3.8) is 0 Å². The standard InChI is InChI=1S/C22H17Cl3N2O5S/c23-13-4-7-16(8-5-13)33(30,31)27-11-15(12-28)32-20-9-6-14(10-19(20)27)26-22(29)21-17(24)2-1-3-18(21)25/h1-10,15,28H,11-12H2,(H,26,29). The first kappa shape index (κ1) is 23.7. The Kier molecular flexibility index (Phi) is 6.74. The van der Waals surface area contributed by atoms with Gasteiger partial charge in [0.15, 0.2) is 0 Å². The van der Waals surface area contributed by atoms with Crippen LogP contribution in [0.1, 0.15) is 10.4 Å². The Morgan fingerprint density at radius 1 is 1.06 bits per heavy atom. The van der Waals surface area contributed by atoms with Crippen molar-refractivity contribution < 1.29 is 23.1 Å². The van der Waals surface area contributed by atoms with Crippen LogP contribution in [0.5, 0.6) is 5.75 Å². The molecule has 3 aromatic rings. The summed E-state index contributed by atoms with van der Waals surface area (Å²) in [6.45, 7) is -0.502. The molecule has 0 saturated heterocycles. The van der Waals surface area contributed by atoms with Gasteiger partial charge in [-0.2, -0.15) is 0 Å². The van der Waals surface area contributed by atoms with Gasteiger partial charge in [-0.1, -0.05) is 40.9 Å². The van der Waals surface area contributed by atoms with Crippen molar-refractivity contribution in [3.8, 4) is 5.75 Å². The van der Waals surface area contributed by atoms with Crippen LogP contribution in [0.25, 0.3) is 0 Å². The van der Waals surface area contributed by atoms with E-state index in [1.54, 1.807) is 24.3 Å². The van der Waals surface area contributed by atoms with Crippen LogP contribution in [0.15, 0.2) is 65.6 Å². The van der Waals surface area contributed by atoms with Gasteiger partial charge in [0.2, 0.25) is 0 Å². The minimum absolute atomic E-state index is 0.0220. The molecule has 0 aromatic heterocycles. The lowest BCUT2D eigenvalue weighted by molar-refractivity contribution is 0.102. The molecule has 1 atom stereocenters. The second-order valence-electron chi connectivity index (χ2n) is 7.15. The number of halogens is 3. The van der Waals surface area contributed by atoms with Crippen LogP contribution in [-0.4, -0.2) is 38.7 Å². The zero-order chi connectivity index (χ0) is 23.8. The molecule has 33 heavy (non-hydrogen) atoms. The van der Waals surface area contributed by atoms with Gasteiger partial charge >= 0.3 is 0 Å². The number of aliphatic hydroxyl groups is 1. The third-order valence-electron chi connectivity index (χ3n) is 4.94. The molecule has 0 bridgehead atoms. The number of hydrogen-bond donors (Lipinski definition) is 2. The molecule has 7 nitrogen and oxygen atoms in total. The number of carbonyl (C=O) groups excluding carboxylic acids is 1. The molecule has 0 spiro atoms. The second kappa shape index (κ2) is 9.40. The predicted octanol–water partition coefficient (Wildman–Crippen LogP) is 4.85. The highest BCUT2D eigenvalue weighted by molar-refractivity contribution is 7.92. The number of benzene rings is 3. The quantitative estimate of drug-likeness (QED) is 0.495. The van der Waals surface area contributed by atoms with Crippen molar-refractivity contribution >= 4 is 62.1 Å². The van der Waals surface area contributed by atoms with Crippen molar-refractivity contribution in [2.24, 2.45) is 0 Å². The normalized spacial score (nSPS) is 15.5. The summed E-state index contributed by atoms with van der Waals surface area (Å²) >= 11 is 18.1. The van der Waals surface area contributed by atoms with Crippen LogP contribution in [0.4, 0.5) is 11.4 Å². The van der Waals surface area contributed by atoms with E-state index in [-0.39, 0.29) is 45.1 Å². The number of anilines is 2. The van der Waals surface area contributed by atoms with Gasteiger partial charge in [-0.05, 0) is 54.6 Å². The van der Waals surface area contributed by atoms with Gasteiger partial charge in [-0.25, -0.2) is 8.42 Å². The van der Waals surface area contributed by atoms with Crippen molar-refractivity contribution in [2.45, 2.75) is 11.0 Å². The summed E-state index contributed by atoms with van der Waals surface area (Å²) in [6, 6.07) is 15.0. The van der Waals surface area contributed by atoms with E-state index < -0.39 is 22.0 Å². The van der Waals surface area contributed by atoms with Gasteiger partial charge in [0.25, 0.3) is 15.9 Å². The number of hydrogen-bond acceptors (Lipinski definition) is 5. The summed E-state index contributed by atoms with van der Waals surface area (Å²) in [7, 11) is -4.02. The smallest absolute Gasteiger partial charge is 0.264 e. The molecule has 1 aliphatic rings. The molecule has 0 saturated carbocycles. The van der Waals surface area contributed by atoms with Crippen molar-refractivity contribution in [1.29, 1.82) is 0 Å². The Hall–Kier alpha value is -2.49. The van der Waals surface area contributed by atoms with Crippen LogP contribution >= 0.6 is 34.8 Å². The molecule has 1 heterocycles. The summed E-state index contributed by atoms with van der Waals surface area (Å²) in [5, 5.41) is 13.1. The van der Waals surface area contributed by atoms with Gasteiger partial charge in [-0.15, -0.1) is 0 Å². The van der Waals surface area contributed by atoms with E-state index in [0.717, 1.165) is 4.31 Å². The predicted molar refractivity (Wildman–Crippen MR) is 128 cm³/mol. The van der Waals surface area contributed by atoms with Gasteiger partial charge < -0.3 is 15.2 Å². The van der Waals surface area contributed by atoms with E-state index in [1.807, 2.05) is 0 Å². The number of aliphatic hydroxyl groups excluding tert-OH is 1. The first-order valence-electron chi connectivity index (χ1n) is 9.66. The Labute approximate surface area is 205 Å². The maximum atomic E-state index is 13.4. The number of ether oxygens (including phenoxy) is 1. The average Bonchev–Trinajstić information content (AvgIpc) is 2.78. The summed E-state index contributed by atoms with van der Waals surface area (Å²) in [4.78, 5) is 12.8. The summed E-state index contributed by atoms with van der Waals surface area (Å²) in [5.41, 5.74) is 0.607. The highest BCUT2D eigenvalue weighted by atomic mass is 35.5. The average molecular weight is 528 g/mol. The second-order valence-corrected chi connectivity index (χ2v) is 10.3. The monoisotopic (exact) mass is 526 g/mol. The highest BCUT2D eigenvalue weighted by Gasteiger charge is 2.34. The van der Waals surface area contributed by atoms with E-state index in [0.29, 0.717) is 10.7 Å². The zero-order valence-corrected chi connectivity index (χ0v) is 19.9. The van der Waals surface area contributed by atoms with Crippen LogP contribution in [0.3, 0.4) is 0 Å². The maximum absolute atomic E-state index is 13.4. The van der Waals surface area contributed by atoms with E-state index in [9.17, 15) is 18.3 Å². The number of carbonyl (C=O) groups is 1. The lowest BCUT2D eigenvalue weighted by atomic mass is 10.1. The van der Waals surface area contributed by atoms with Crippen LogP contribution in [0, 0.1) is 0 Å². The fourth-order valence-electron chi connectivity index (χ4n) is 3.35. The number of fused-ring (bicyclic) bond motifs is 1. The number of sulfonamides is 1. The molecule has 2 N–H and O–H groups in total. The number of nitrogens with one attached hydrogen (secondary N) is 1. The summed E-state index contributed by atoms with van der Waals surface area (Å²) in [5.74, 6) is -0.311. The van der Waals surface area contributed by atoms with Crippen LogP contribution in [-0.2, 0) is 10.0 Å². The van der Waals surface area contributed by atoms with Crippen LogP contribution < -0.4 is 14.4 Å². The topological polar surface area (TPSA) is 95.9 Å². The van der Waals surface area contributed by atoms with E-state index in [1.165, 1.54) is 36.4 Å². The van der Waals surface area contributed by atoms with Gasteiger partial charge in [0.05, 0.1) is 39.3 Å². The Morgan fingerprint density at radius 3 is 2.36 bits per heavy atom. The van der Waals surface area contributed by atoms with E-state index in [2.05, 4.69) is 5.32 Å². The SMILES string of the molecule is O=C(Nc1ccc2c(c1)N(S(=O)(=O)c1ccc(Cl)cc1)CC(CO)O2)c1c(Cl)cccc1Cl. The summed E-state index contributed by atoms with van der Waals surface area (Å²) in [6.07, 6.45) is -0.762. The molecule has 172 valence electrons. The first-order valence-corrected chi connectivity index (χ1v) is 12.2. The number of nitrogens with zero attached hydrogens (tertiary/aromatic N) is 1.